The molecule has 0 fully saturated rings. The van der Waals surface area contributed by atoms with Gasteiger partial charge in [-0.15, -0.1) is 0 Å². The predicted molar refractivity (Wildman–Crippen MR) is 79.1 cm³/mol. The summed E-state index contributed by atoms with van der Waals surface area (Å²) in [5, 5.41) is -0.0783. The summed E-state index contributed by atoms with van der Waals surface area (Å²) in [5.41, 5.74) is 0.854. The first-order chi connectivity index (χ1) is 9.74. The van der Waals surface area contributed by atoms with Gasteiger partial charge in [0, 0.05) is 0 Å². The van der Waals surface area contributed by atoms with Gasteiger partial charge in [0.25, 0.3) is 0 Å². The van der Waals surface area contributed by atoms with Gasteiger partial charge < -0.3 is 4.52 Å². The molecule has 1 aromatic carbocycles. The monoisotopic (exact) mass is 347 g/mol. The fourth-order valence-corrected chi connectivity index (χ4v) is 2.35. The Hall–Kier alpha value is -1.43. The Morgan fingerprint density at radius 1 is 1.05 bits per heavy atom. The van der Waals surface area contributed by atoms with Crippen LogP contribution in [0.2, 0.25) is 0 Å². The van der Waals surface area contributed by atoms with Crippen LogP contribution in [0.4, 0.5) is 5.69 Å². The van der Waals surface area contributed by atoms with E-state index in [2.05, 4.69) is 9.52 Å². The summed E-state index contributed by atoms with van der Waals surface area (Å²) in [5.74, 6) is -0.462. The number of hydrogen-bond acceptors (Lipinski definition) is 4. The SMILES string of the molecule is O=C1C(Cl)=CC(=Nc2ccc(OP(=O)(O)O)cc2)C=C1Cl. The molecule has 0 aromatic heterocycles. The zero-order valence-corrected chi connectivity index (χ0v) is 12.6. The molecule has 0 heterocycles. The molecule has 0 bridgehead atoms. The molecule has 0 unspecified atom stereocenters. The maximum Gasteiger partial charge on any atom is 0.524 e. The van der Waals surface area contributed by atoms with Gasteiger partial charge in [-0.1, -0.05) is 23.2 Å². The second-order valence-corrected chi connectivity index (χ2v) is 5.90. The number of phosphoric ester groups is 1. The van der Waals surface area contributed by atoms with Crippen LogP contribution in [0.1, 0.15) is 0 Å². The maximum atomic E-state index is 11.4. The van der Waals surface area contributed by atoms with Gasteiger partial charge >= 0.3 is 7.82 Å². The highest BCUT2D eigenvalue weighted by molar-refractivity contribution is 7.46. The van der Waals surface area contributed by atoms with E-state index >= 15 is 0 Å². The summed E-state index contributed by atoms with van der Waals surface area (Å²) in [6.07, 6.45) is 2.74. The lowest BCUT2D eigenvalue weighted by Gasteiger charge is -2.07. The van der Waals surface area contributed by atoms with Crippen molar-refractivity contribution in [3.8, 4) is 5.75 Å². The van der Waals surface area contributed by atoms with E-state index in [4.69, 9.17) is 33.0 Å². The third-order valence-corrected chi connectivity index (χ3v) is 3.31. The van der Waals surface area contributed by atoms with Gasteiger partial charge in [-0.3, -0.25) is 14.6 Å². The van der Waals surface area contributed by atoms with Gasteiger partial charge in [-0.25, -0.2) is 9.56 Å². The fourth-order valence-electron chi connectivity index (χ4n) is 1.48. The Morgan fingerprint density at radius 2 is 1.57 bits per heavy atom. The van der Waals surface area contributed by atoms with Crippen molar-refractivity contribution in [1.82, 2.24) is 0 Å². The molecule has 21 heavy (non-hydrogen) atoms. The first-order valence-corrected chi connectivity index (χ1v) is 7.76. The summed E-state index contributed by atoms with van der Waals surface area (Å²) >= 11 is 11.4. The van der Waals surface area contributed by atoms with Gasteiger partial charge in [-0.2, -0.15) is 0 Å². The summed E-state index contributed by atoms with van der Waals surface area (Å²) < 4.78 is 15.1. The lowest BCUT2D eigenvalue weighted by atomic mass is 10.1. The van der Waals surface area contributed by atoms with Crippen LogP contribution < -0.4 is 4.52 Å². The lowest BCUT2D eigenvalue weighted by Crippen LogP contribution is -2.07. The highest BCUT2D eigenvalue weighted by atomic mass is 35.5. The largest absolute Gasteiger partial charge is 0.524 e. The molecule has 9 heteroatoms. The van der Waals surface area contributed by atoms with E-state index in [9.17, 15) is 9.36 Å². The van der Waals surface area contributed by atoms with Crippen LogP contribution in [-0.2, 0) is 9.36 Å². The Balaban J connectivity index is 2.23. The molecule has 0 aliphatic heterocycles. The van der Waals surface area contributed by atoms with Crippen LogP contribution in [0.25, 0.3) is 0 Å². The van der Waals surface area contributed by atoms with E-state index in [-0.39, 0.29) is 15.8 Å². The van der Waals surface area contributed by atoms with E-state index in [1.54, 1.807) is 0 Å². The van der Waals surface area contributed by atoms with Gasteiger partial charge in [0.1, 0.15) is 5.75 Å². The number of allylic oxidation sites excluding steroid dienone is 4. The number of phosphoric acid groups is 1. The number of Topliss-reactive ketones (excluding diaryl/α,β-unsaturated/α-hetero) is 1. The number of nitrogens with zero attached hydrogens (tertiary/aromatic N) is 1. The minimum absolute atomic E-state index is 0.00764. The van der Waals surface area contributed by atoms with E-state index in [1.807, 2.05) is 0 Å². The fraction of sp³-hybridized carbons (Fsp3) is 0. The maximum absolute atomic E-state index is 11.4. The van der Waals surface area contributed by atoms with Crippen LogP contribution in [0.3, 0.4) is 0 Å². The standard InChI is InChI=1S/C12H8Cl2NO5P/c13-10-5-8(6-11(14)12(10)16)15-7-1-3-9(4-2-7)20-21(17,18)19/h1-6H,(H2,17,18,19). The van der Waals surface area contributed by atoms with Crippen molar-refractivity contribution in [1.29, 1.82) is 0 Å². The molecular weight excluding hydrogens is 340 g/mol. The van der Waals surface area contributed by atoms with Crippen LogP contribution in [0.5, 0.6) is 5.75 Å². The van der Waals surface area contributed by atoms with Crippen molar-refractivity contribution in [3.05, 3.63) is 46.5 Å². The Labute approximate surface area is 129 Å². The Kier molecular flexibility index (Phi) is 4.66. The van der Waals surface area contributed by atoms with Gasteiger partial charge in [-0.05, 0) is 36.4 Å². The number of ketones is 1. The van der Waals surface area contributed by atoms with Crippen molar-refractivity contribution in [3.63, 3.8) is 0 Å². The van der Waals surface area contributed by atoms with Crippen molar-refractivity contribution in [2.75, 3.05) is 0 Å². The molecular formula is C12H8Cl2NO5P. The van der Waals surface area contributed by atoms with Crippen LogP contribution in [0.15, 0.2) is 51.5 Å². The Bertz CT molecular complexity index is 694. The lowest BCUT2D eigenvalue weighted by molar-refractivity contribution is -0.111. The molecule has 110 valence electrons. The minimum Gasteiger partial charge on any atom is -0.404 e. The second kappa shape index (κ2) is 6.13. The van der Waals surface area contributed by atoms with Gasteiger partial charge in [0.2, 0.25) is 5.78 Å². The molecule has 0 radical (unpaired) electrons. The van der Waals surface area contributed by atoms with E-state index in [0.717, 1.165) is 0 Å². The zero-order chi connectivity index (χ0) is 15.6. The quantitative estimate of drug-likeness (QED) is 0.647. The summed E-state index contributed by atoms with van der Waals surface area (Å²) in [4.78, 5) is 32.9. The molecule has 0 amide bonds. The molecule has 1 aliphatic rings. The molecule has 0 spiro atoms. The first kappa shape index (κ1) is 15.9. The number of rotatable bonds is 3. The average Bonchev–Trinajstić information content (AvgIpc) is 2.36. The number of carbonyl (C=O) groups is 1. The first-order valence-electron chi connectivity index (χ1n) is 5.47. The molecule has 2 N–H and O–H groups in total. The topological polar surface area (TPSA) is 96.2 Å². The number of carbonyl (C=O) groups excluding carboxylic acids is 1. The van der Waals surface area contributed by atoms with Crippen molar-refractivity contribution in [2.45, 2.75) is 0 Å². The highest BCUT2D eigenvalue weighted by Crippen LogP contribution is 2.37. The van der Waals surface area contributed by atoms with Crippen molar-refractivity contribution in [2.24, 2.45) is 4.99 Å². The molecule has 1 aromatic rings. The number of aliphatic imine (C=N–C) groups is 1. The third kappa shape index (κ3) is 4.52. The number of halogens is 2. The zero-order valence-electron chi connectivity index (χ0n) is 10.2. The van der Waals surface area contributed by atoms with Crippen LogP contribution in [0, 0.1) is 0 Å². The highest BCUT2D eigenvalue weighted by Gasteiger charge is 2.18. The summed E-state index contributed by atoms with van der Waals surface area (Å²) in [7, 11) is -4.59. The third-order valence-electron chi connectivity index (χ3n) is 2.30. The molecule has 2 rings (SSSR count). The van der Waals surface area contributed by atoms with E-state index in [1.165, 1.54) is 36.4 Å². The molecule has 0 atom stereocenters. The normalized spacial score (nSPS) is 15.4. The molecule has 1 aliphatic carbocycles. The van der Waals surface area contributed by atoms with E-state index in [0.29, 0.717) is 11.4 Å². The molecule has 0 saturated heterocycles. The minimum atomic E-state index is -4.59. The smallest absolute Gasteiger partial charge is 0.404 e. The van der Waals surface area contributed by atoms with Crippen LogP contribution >= 0.6 is 31.0 Å². The summed E-state index contributed by atoms with van der Waals surface area (Å²) in [6.45, 7) is 0. The second-order valence-electron chi connectivity index (χ2n) is 3.93. The van der Waals surface area contributed by atoms with Crippen LogP contribution in [-0.4, -0.2) is 21.3 Å². The number of benzene rings is 1. The van der Waals surface area contributed by atoms with Crippen molar-refractivity contribution >= 4 is 48.2 Å². The van der Waals surface area contributed by atoms with Gasteiger partial charge in [0.15, 0.2) is 0 Å². The average molecular weight is 348 g/mol. The van der Waals surface area contributed by atoms with Gasteiger partial charge in [0.05, 0.1) is 21.5 Å². The summed E-state index contributed by atoms with van der Waals surface area (Å²) in [6, 6.07) is 5.67. The molecule has 0 saturated carbocycles. The van der Waals surface area contributed by atoms with Crippen molar-refractivity contribution < 1.29 is 23.7 Å². The van der Waals surface area contributed by atoms with E-state index < -0.39 is 13.6 Å². The predicted octanol–water partition coefficient (Wildman–Crippen LogP) is 3.06. The Morgan fingerprint density at radius 3 is 2.05 bits per heavy atom. The number of hydrogen-bond donors (Lipinski definition) is 2. The molecule has 6 nitrogen and oxygen atoms in total.